The van der Waals surface area contributed by atoms with Crippen LogP contribution in [-0.2, 0) is 6.42 Å². The molecule has 108 valence electrons. The normalized spacial score (nSPS) is 12.7. The van der Waals surface area contributed by atoms with Gasteiger partial charge >= 0.3 is 0 Å². The lowest BCUT2D eigenvalue weighted by Crippen LogP contribution is -2.13. The molecule has 2 aromatic rings. The van der Waals surface area contributed by atoms with Crippen molar-refractivity contribution in [2.45, 2.75) is 6.42 Å². The van der Waals surface area contributed by atoms with Gasteiger partial charge in [-0.2, -0.15) is 0 Å². The molecule has 0 aliphatic carbocycles. The summed E-state index contributed by atoms with van der Waals surface area (Å²) >= 11 is 9.16. The van der Waals surface area contributed by atoms with Crippen molar-refractivity contribution in [3.63, 3.8) is 0 Å². The smallest absolute Gasteiger partial charge is 0.255 e. The van der Waals surface area contributed by atoms with Gasteiger partial charge in [0, 0.05) is 22.3 Å². The Hall–Kier alpha value is -1.59. The van der Waals surface area contributed by atoms with Crippen LogP contribution in [0, 0.1) is 5.82 Å². The molecule has 6 heteroatoms. The van der Waals surface area contributed by atoms with E-state index in [0.29, 0.717) is 15.7 Å². The third-order valence-electron chi connectivity index (χ3n) is 3.33. The van der Waals surface area contributed by atoms with Crippen molar-refractivity contribution >= 4 is 44.8 Å². The second kappa shape index (κ2) is 5.66. The quantitative estimate of drug-likeness (QED) is 0.820. The average molecular weight is 370 g/mol. The molecular formula is C15H11BrClFN2O. The van der Waals surface area contributed by atoms with Gasteiger partial charge in [-0.05, 0) is 52.2 Å². The lowest BCUT2D eigenvalue weighted by atomic mass is 10.1. The first-order chi connectivity index (χ1) is 10.0. The van der Waals surface area contributed by atoms with Crippen molar-refractivity contribution in [1.29, 1.82) is 0 Å². The predicted molar refractivity (Wildman–Crippen MR) is 85.7 cm³/mol. The van der Waals surface area contributed by atoms with E-state index in [9.17, 15) is 9.18 Å². The molecule has 2 aromatic carbocycles. The monoisotopic (exact) mass is 368 g/mol. The van der Waals surface area contributed by atoms with Crippen LogP contribution in [0.25, 0.3) is 0 Å². The van der Waals surface area contributed by atoms with Gasteiger partial charge in [0.2, 0.25) is 0 Å². The van der Waals surface area contributed by atoms with Crippen LogP contribution in [0.15, 0.2) is 34.8 Å². The minimum absolute atomic E-state index is 0.148. The average Bonchev–Trinajstić information content (AvgIpc) is 2.89. The van der Waals surface area contributed by atoms with Crippen LogP contribution in [0.5, 0.6) is 0 Å². The van der Waals surface area contributed by atoms with Crippen LogP contribution >= 0.6 is 27.5 Å². The molecule has 1 aliphatic rings. The summed E-state index contributed by atoms with van der Waals surface area (Å²) < 4.78 is 13.6. The van der Waals surface area contributed by atoms with Crippen LogP contribution in [-0.4, -0.2) is 12.5 Å². The number of hydrogen-bond acceptors (Lipinski definition) is 2. The molecule has 1 aliphatic heterocycles. The van der Waals surface area contributed by atoms with Crippen molar-refractivity contribution in [1.82, 2.24) is 0 Å². The Morgan fingerprint density at radius 2 is 2.14 bits per heavy atom. The highest BCUT2D eigenvalue weighted by Gasteiger charge is 2.16. The first kappa shape index (κ1) is 14.4. The molecule has 0 radical (unpaired) electrons. The third-order valence-corrected chi connectivity index (χ3v) is 4.25. The van der Waals surface area contributed by atoms with E-state index in [1.807, 2.05) is 12.1 Å². The molecule has 1 amide bonds. The summed E-state index contributed by atoms with van der Waals surface area (Å²) in [6.45, 7) is 0.885. The Morgan fingerprint density at radius 3 is 2.90 bits per heavy atom. The molecule has 0 bridgehead atoms. The molecule has 0 unspecified atom stereocenters. The maximum Gasteiger partial charge on any atom is 0.255 e. The summed E-state index contributed by atoms with van der Waals surface area (Å²) in [5, 5.41) is 6.07. The van der Waals surface area contributed by atoms with Gasteiger partial charge in [-0.3, -0.25) is 4.79 Å². The highest BCUT2D eigenvalue weighted by molar-refractivity contribution is 9.10. The molecule has 0 saturated carbocycles. The van der Waals surface area contributed by atoms with E-state index in [1.165, 1.54) is 11.6 Å². The number of amides is 1. The number of carbonyl (C=O) groups excluding carboxylic acids is 1. The van der Waals surface area contributed by atoms with Gasteiger partial charge in [0.25, 0.3) is 5.91 Å². The van der Waals surface area contributed by atoms with Gasteiger partial charge in [0.15, 0.2) is 0 Å². The van der Waals surface area contributed by atoms with Gasteiger partial charge in [0.1, 0.15) is 5.82 Å². The summed E-state index contributed by atoms with van der Waals surface area (Å²) in [6.07, 6.45) is 0.965. The van der Waals surface area contributed by atoms with Crippen LogP contribution in [0.1, 0.15) is 15.9 Å². The van der Waals surface area contributed by atoms with Crippen LogP contribution < -0.4 is 10.6 Å². The zero-order valence-corrected chi connectivity index (χ0v) is 13.2. The minimum atomic E-state index is -0.466. The molecule has 3 nitrogen and oxygen atoms in total. The third kappa shape index (κ3) is 2.89. The fourth-order valence-electron chi connectivity index (χ4n) is 2.28. The maximum atomic E-state index is 13.2. The van der Waals surface area contributed by atoms with E-state index in [0.717, 1.165) is 24.7 Å². The van der Waals surface area contributed by atoms with Crippen molar-refractivity contribution in [2.24, 2.45) is 0 Å². The van der Waals surface area contributed by atoms with Crippen molar-refractivity contribution in [3.8, 4) is 0 Å². The Labute approximate surface area is 134 Å². The zero-order valence-electron chi connectivity index (χ0n) is 10.8. The second-order valence-corrected chi connectivity index (χ2v) is 6.01. The number of nitrogens with one attached hydrogen (secondary N) is 2. The summed E-state index contributed by atoms with van der Waals surface area (Å²) in [5.41, 5.74) is 3.06. The maximum absolute atomic E-state index is 13.2. The minimum Gasteiger partial charge on any atom is -0.384 e. The molecule has 0 fully saturated rings. The van der Waals surface area contributed by atoms with Crippen molar-refractivity contribution in [3.05, 3.63) is 56.8 Å². The number of hydrogen-bond donors (Lipinski definition) is 2. The topological polar surface area (TPSA) is 41.1 Å². The molecule has 0 spiro atoms. The second-order valence-electron chi connectivity index (χ2n) is 4.75. The summed E-state index contributed by atoms with van der Waals surface area (Å²) in [4.78, 5) is 12.3. The van der Waals surface area contributed by atoms with E-state index in [4.69, 9.17) is 11.6 Å². The number of carbonyl (C=O) groups is 1. The number of halogens is 3. The molecular weight excluding hydrogens is 359 g/mol. The van der Waals surface area contributed by atoms with E-state index < -0.39 is 5.82 Å². The largest absolute Gasteiger partial charge is 0.384 e. The van der Waals surface area contributed by atoms with E-state index in [-0.39, 0.29) is 10.9 Å². The molecule has 0 saturated heterocycles. The summed E-state index contributed by atoms with van der Waals surface area (Å²) in [7, 11) is 0. The van der Waals surface area contributed by atoms with Crippen LogP contribution in [0.2, 0.25) is 5.02 Å². The number of benzene rings is 2. The van der Waals surface area contributed by atoms with E-state index in [1.54, 1.807) is 6.07 Å². The summed E-state index contributed by atoms with van der Waals surface area (Å²) in [6, 6.07) is 7.93. The van der Waals surface area contributed by atoms with E-state index in [2.05, 4.69) is 26.6 Å². The van der Waals surface area contributed by atoms with Crippen LogP contribution in [0.3, 0.4) is 0 Å². The Kier molecular flexibility index (Phi) is 3.87. The highest BCUT2D eigenvalue weighted by atomic mass is 79.9. The molecule has 1 heterocycles. The summed E-state index contributed by atoms with van der Waals surface area (Å²) in [5.74, 6) is -0.757. The Balaban J connectivity index is 1.87. The zero-order chi connectivity index (χ0) is 15.0. The van der Waals surface area contributed by atoms with E-state index >= 15 is 0 Å². The fraction of sp³-hybridized carbons (Fsp3) is 0.133. The van der Waals surface area contributed by atoms with Crippen LogP contribution in [0.4, 0.5) is 15.8 Å². The molecule has 0 atom stereocenters. The van der Waals surface area contributed by atoms with Gasteiger partial charge in [-0.15, -0.1) is 0 Å². The Bertz CT molecular complexity index is 713. The van der Waals surface area contributed by atoms with Crippen molar-refractivity contribution < 1.29 is 9.18 Å². The first-order valence-electron chi connectivity index (χ1n) is 6.37. The standard InChI is InChI=1S/C15H11BrClFN2O/c16-11-6-10(18)7-12(17)14(11)20-15(21)9-2-1-8-3-4-19-13(8)5-9/h1-2,5-7,19H,3-4H2,(H,20,21). The van der Waals surface area contributed by atoms with Gasteiger partial charge in [-0.25, -0.2) is 4.39 Å². The Morgan fingerprint density at radius 1 is 1.33 bits per heavy atom. The predicted octanol–water partition coefficient (Wildman–Crippen LogP) is 4.46. The highest BCUT2D eigenvalue weighted by Crippen LogP contribution is 2.32. The molecule has 3 rings (SSSR count). The van der Waals surface area contributed by atoms with Gasteiger partial charge in [-0.1, -0.05) is 17.7 Å². The lowest BCUT2D eigenvalue weighted by Gasteiger charge is -2.10. The molecule has 21 heavy (non-hydrogen) atoms. The van der Waals surface area contributed by atoms with Gasteiger partial charge in [0.05, 0.1) is 10.7 Å². The number of fused-ring (bicyclic) bond motifs is 1. The first-order valence-corrected chi connectivity index (χ1v) is 7.54. The van der Waals surface area contributed by atoms with Crippen molar-refractivity contribution in [2.75, 3.05) is 17.2 Å². The molecule has 2 N–H and O–H groups in total. The SMILES string of the molecule is O=C(Nc1c(Cl)cc(F)cc1Br)c1ccc2c(c1)NCC2. The fourth-order valence-corrected chi connectivity index (χ4v) is 3.18. The number of rotatable bonds is 2. The molecule has 0 aromatic heterocycles. The number of anilines is 2. The van der Waals surface area contributed by atoms with Gasteiger partial charge < -0.3 is 10.6 Å². The lowest BCUT2D eigenvalue weighted by molar-refractivity contribution is 0.102.